The molecule has 6 nitrogen and oxygen atoms in total. The number of carbonyl (C=O) groups excluding carboxylic acids is 2. The minimum atomic E-state index is -0.188. The Bertz CT molecular complexity index is 1180. The first-order valence-corrected chi connectivity index (χ1v) is 10.7. The molecule has 1 aliphatic rings. The molecule has 2 amide bonds. The monoisotopic (exact) mass is 467 g/mol. The summed E-state index contributed by atoms with van der Waals surface area (Å²) in [5, 5.41) is 3.77. The van der Waals surface area contributed by atoms with Crippen LogP contribution in [-0.4, -0.2) is 37.7 Å². The van der Waals surface area contributed by atoms with Crippen molar-refractivity contribution >= 4 is 52.6 Å². The third-order valence-corrected chi connectivity index (χ3v) is 5.59. The Hall–Kier alpha value is -3.35. The van der Waals surface area contributed by atoms with Gasteiger partial charge in [-0.2, -0.15) is 0 Å². The molecule has 0 saturated heterocycles. The summed E-state index contributed by atoms with van der Waals surface area (Å²) in [6.07, 6.45) is 1.67. The van der Waals surface area contributed by atoms with Gasteiger partial charge in [0, 0.05) is 24.9 Å². The number of fused-ring (bicyclic) bond motifs is 1. The minimum absolute atomic E-state index is 0.0501. The number of rotatable bonds is 6. The molecule has 0 bridgehead atoms. The van der Waals surface area contributed by atoms with Crippen LogP contribution in [0.4, 0.5) is 11.4 Å². The van der Waals surface area contributed by atoms with Crippen molar-refractivity contribution in [2.24, 2.45) is 4.99 Å². The van der Waals surface area contributed by atoms with Crippen LogP contribution in [0.1, 0.15) is 15.9 Å². The van der Waals surface area contributed by atoms with E-state index in [4.69, 9.17) is 27.9 Å². The van der Waals surface area contributed by atoms with E-state index >= 15 is 0 Å². The SMILES string of the molecule is O=C(NCCN1C(=O)COc2ccc(N=Cc3ccc(Cl)c(Cl)c3)cc21)c1ccccc1. The summed E-state index contributed by atoms with van der Waals surface area (Å²) in [6, 6.07) is 19.5. The number of amides is 2. The third kappa shape index (κ3) is 5.10. The zero-order valence-corrected chi connectivity index (χ0v) is 18.4. The number of benzene rings is 3. The molecule has 0 unspecified atom stereocenters. The Kier molecular flexibility index (Phi) is 6.73. The van der Waals surface area contributed by atoms with E-state index in [-0.39, 0.29) is 18.4 Å². The second-order valence-electron chi connectivity index (χ2n) is 7.04. The molecular formula is C24H19Cl2N3O3. The zero-order chi connectivity index (χ0) is 22.5. The number of nitrogens with one attached hydrogen (secondary N) is 1. The standard InChI is InChI=1S/C24H19Cl2N3O3/c25-19-8-6-16(12-20(19)26)14-28-18-7-9-22-21(13-18)29(23(30)15-32-22)11-10-27-24(31)17-4-2-1-3-5-17/h1-9,12-14H,10-11,15H2,(H,27,31). The maximum atomic E-state index is 12.5. The molecule has 162 valence electrons. The summed E-state index contributed by atoms with van der Waals surface area (Å²) in [4.78, 5) is 30.8. The van der Waals surface area contributed by atoms with E-state index in [9.17, 15) is 9.59 Å². The van der Waals surface area contributed by atoms with E-state index in [0.29, 0.717) is 45.8 Å². The molecule has 0 aromatic heterocycles. The fraction of sp³-hybridized carbons (Fsp3) is 0.125. The van der Waals surface area contributed by atoms with Crippen LogP contribution in [0.3, 0.4) is 0 Å². The molecule has 8 heteroatoms. The van der Waals surface area contributed by atoms with Crippen molar-refractivity contribution in [3.8, 4) is 5.75 Å². The van der Waals surface area contributed by atoms with Crippen LogP contribution in [-0.2, 0) is 4.79 Å². The molecule has 1 N–H and O–H groups in total. The fourth-order valence-corrected chi connectivity index (χ4v) is 3.54. The first-order chi connectivity index (χ1) is 15.5. The quantitative estimate of drug-likeness (QED) is 0.524. The van der Waals surface area contributed by atoms with Gasteiger partial charge in [0.15, 0.2) is 6.61 Å². The van der Waals surface area contributed by atoms with Crippen molar-refractivity contribution in [1.82, 2.24) is 5.32 Å². The van der Waals surface area contributed by atoms with Gasteiger partial charge in [-0.05, 0) is 48.0 Å². The summed E-state index contributed by atoms with van der Waals surface area (Å²) in [7, 11) is 0. The van der Waals surface area contributed by atoms with Crippen LogP contribution < -0.4 is 15.0 Å². The molecule has 1 aliphatic heterocycles. The Morgan fingerprint density at radius 1 is 1.06 bits per heavy atom. The van der Waals surface area contributed by atoms with Crippen LogP contribution >= 0.6 is 23.2 Å². The molecule has 4 rings (SSSR count). The van der Waals surface area contributed by atoms with Gasteiger partial charge < -0.3 is 15.0 Å². The first-order valence-electron chi connectivity index (χ1n) is 9.91. The number of halogens is 2. The topological polar surface area (TPSA) is 71.0 Å². The van der Waals surface area contributed by atoms with E-state index in [1.54, 1.807) is 65.7 Å². The van der Waals surface area contributed by atoms with Gasteiger partial charge in [-0.15, -0.1) is 0 Å². The lowest BCUT2D eigenvalue weighted by Crippen LogP contribution is -2.43. The van der Waals surface area contributed by atoms with E-state index in [0.717, 1.165) is 5.56 Å². The predicted molar refractivity (Wildman–Crippen MR) is 127 cm³/mol. The third-order valence-electron chi connectivity index (χ3n) is 4.85. The second kappa shape index (κ2) is 9.85. The van der Waals surface area contributed by atoms with Crippen LogP contribution in [0.2, 0.25) is 10.0 Å². The normalized spacial score (nSPS) is 13.1. The van der Waals surface area contributed by atoms with E-state index in [2.05, 4.69) is 10.3 Å². The largest absolute Gasteiger partial charge is 0.482 e. The van der Waals surface area contributed by atoms with Crippen molar-refractivity contribution in [3.05, 3.63) is 87.9 Å². The number of hydrogen-bond donors (Lipinski definition) is 1. The van der Waals surface area contributed by atoms with Crippen LogP contribution in [0, 0.1) is 0 Å². The van der Waals surface area contributed by atoms with Crippen molar-refractivity contribution in [1.29, 1.82) is 0 Å². The molecule has 1 heterocycles. The highest BCUT2D eigenvalue weighted by molar-refractivity contribution is 6.42. The Balaban J connectivity index is 1.47. The molecule has 3 aromatic rings. The van der Waals surface area contributed by atoms with Gasteiger partial charge in [-0.1, -0.05) is 47.5 Å². The molecule has 0 fully saturated rings. The smallest absolute Gasteiger partial charge is 0.265 e. The lowest BCUT2D eigenvalue weighted by molar-refractivity contribution is -0.121. The van der Waals surface area contributed by atoms with E-state index in [1.165, 1.54) is 0 Å². The van der Waals surface area contributed by atoms with Crippen molar-refractivity contribution in [2.45, 2.75) is 0 Å². The summed E-state index contributed by atoms with van der Waals surface area (Å²) >= 11 is 12.0. The lowest BCUT2D eigenvalue weighted by Gasteiger charge is -2.29. The number of nitrogens with zero attached hydrogens (tertiary/aromatic N) is 2. The average Bonchev–Trinajstić information content (AvgIpc) is 2.81. The predicted octanol–water partition coefficient (Wildman–Crippen LogP) is 4.90. The molecular weight excluding hydrogens is 449 g/mol. The molecule has 0 saturated carbocycles. The van der Waals surface area contributed by atoms with Gasteiger partial charge in [-0.3, -0.25) is 14.6 Å². The first kappa shape index (κ1) is 21.9. The molecule has 0 atom stereocenters. The summed E-state index contributed by atoms with van der Waals surface area (Å²) in [5.74, 6) is 0.219. The van der Waals surface area contributed by atoms with E-state index in [1.807, 2.05) is 12.1 Å². The highest BCUT2D eigenvalue weighted by Gasteiger charge is 2.25. The molecule has 0 aliphatic carbocycles. The summed E-state index contributed by atoms with van der Waals surface area (Å²) in [6.45, 7) is 0.564. The highest BCUT2D eigenvalue weighted by Crippen LogP contribution is 2.35. The van der Waals surface area contributed by atoms with Crippen LogP contribution in [0.15, 0.2) is 71.7 Å². The second-order valence-corrected chi connectivity index (χ2v) is 7.85. The van der Waals surface area contributed by atoms with E-state index < -0.39 is 0 Å². The van der Waals surface area contributed by atoms with Gasteiger partial charge in [-0.25, -0.2) is 0 Å². The number of anilines is 1. The Labute approximate surface area is 195 Å². The number of hydrogen-bond acceptors (Lipinski definition) is 4. The van der Waals surface area contributed by atoms with Crippen molar-refractivity contribution in [2.75, 3.05) is 24.6 Å². The Morgan fingerprint density at radius 3 is 2.66 bits per heavy atom. The van der Waals surface area contributed by atoms with Crippen LogP contribution in [0.25, 0.3) is 0 Å². The van der Waals surface area contributed by atoms with Crippen molar-refractivity contribution in [3.63, 3.8) is 0 Å². The molecule has 0 radical (unpaired) electrons. The lowest BCUT2D eigenvalue weighted by atomic mass is 10.2. The average molecular weight is 468 g/mol. The summed E-state index contributed by atoms with van der Waals surface area (Å²) in [5.41, 5.74) is 2.62. The number of carbonyl (C=O) groups is 2. The van der Waals surface area contributed by atoms with Gasteiger partial charge in [0.05, 0.1) is 21.4 Å². The van der Waals surface area contributed by atoms with Crippen molar-refractivity contribution < 1.29 is 14.3 Å². The van der Waals surface area contributed by atoms with Gasteiger partial charge in [0.1, 0.15) is 5.75 Å². The minimum Gasteiger partial charge on any atom is -0.482 e. The summed E-state index contributed by atoms with van der Waals surface area (Å²) < 4.78 is 5.55. The van der Waals surface area contributed by atoms with Gasteiger partial charge in [0.25, 0.3) is 11.8 Å². The van der Waals surface area contributed by atoms with Gasteiger partial charge >= 0.3 is 0 Å². The molecule has 3 aromatic carbocycles. The zero-order valence-electron chi connectivity index (χ0n) is 16.9. The fourth-order valence-electron chi connectivity index (χ4n) is 3.23. The Morgan fingerprint density at radius 2 is 1.88 bits per heavy atom. The molecule has 0 spiro atoms. The molecule has 32 heavy (non-hydrogen) atoms. The number of aliphatic imine (C=N–C) groups is 1. The van der Waals surface area contributed by atoms with Crippen LogP contribution in [0.5, 0.6) is 5.75 Å². The van der Waals surface area contributed by atoms with Gasteiger partial charge in [0.2, 0.25) is 0 Å². The highest BCUT2D eigenvalue weighted by atomic mass is 35.5. The maximum absolute atomic E-state index is 12.5. The number of ether oxygens (including phenoxy) is 1. The maximum Gasteiger partial charge on any atom is 0.265 e.